The Morgan fingerprint density at radius 1 is 0.893 bits per heavy atom. The summed E-state index contributed by atoms with van der Waals surface area (Å²) in [7, 11) is 0. The highest BCUT2D eigenvalue weighted by Crippen LogP contribution is 2.15. The average molecular weight is 374 g/mol. The maximum Gasteiger partial charge on any atom is 0.365 e. The van der Waals surface area contributed by atoms with Crippen LogP contribution in [0.15, 0.2) is 84.0 Å². The lowest BCUT2D eigenvalue weighted by molar-refractivity contribution is 0.0516. The molecule has 3 rings (SSSR count). The second-order valence-corrected chi connectivity index (χ2v) is 6.21. The Kier molecular flexibility index (Phi) is 6.41. The molecule has 0 aliphatic heterocycles. The number of oxime groups is 1. The molecule has 5 nitrogen and oxygen atoms in total. The highest BCUT2D eigenvalue weighted by molar-refractivity contribution is 5.98. The van der Waals surface area contributed by atoms with Crippen molar-refractivity contribution in [1.82, 2.24) is 0 Å². The topological polar surface area (TPSA) is 73.9 Å². The van der Waals surface area contributed by atoms with Crippen molar-refractivity contribution in [3.8, 4) is 5.75 Å². The quantitative estimate of drug-likeness (QED) is 0.289. The van der Waals surface area contributed by atoms with E-state index in [1.165, 1.54) is 5.56 Å². The van der Waals surface area contributed by atoms with Gasteiger partial charge >= 0.3 is 5.97 Å². The van der Waals surface area contributed by atoms with Gasteiger partial charge in [-0.25, -0.2) is 4.79 Å². The summed E-state index contributed by atoms with van der Waals surface area (Å²) in [4.78, 5) is 17.2. The molecule has 0 aliphatic rings. The van der Waals surface area contributed by atoms with Crippen LogP contribution < -0.4 is 10.5 Å². The van der Waals surface area contributed by atoms with Gasteiger partial charge in [0.05, 0.1) is 5.56 Å². The normalized spacial score (nSPS) is 11.1. The molecule has 0 saturated heterocycles. The molecule has 0 atom stereocenters. The van der Waals surface area contributed by atoms with Crippen molar-refractivity contribution in [2.75, 3.05) is 0 Å². The lowest BCUT2D eigenvalue weighted by atomic mass is 10.1. The van der Waals surface area contributed by atoms with E-state index in [9.17, 15) is 4.79 Å². The van der Waals surface area contributed by atoms with Gasteiger partial charge in [0.25, 0.3) is 0 Å². The first-order valence-corrected chi connectivity index (χ1v) is 9.06. The van der Waals surface area contributed by atoms with Crippen molar-refractivity contribution < 1.29 is 14.4 Å². The van der Waals surface area contributed by atoms with E-state index in [2.05, 4.69) is 12.1 Å². The first-order chi connectivity index (χ1) is 13.7. The maximum absolute atomic E-state index is 12.3. The minimum absolute atomic E-state index is 0.143. The summed E-state index contributed by atoms with van der Waals surface area (Å²) in [5.74, 6) is 0.349. The molecule has 28 heavy (non-hydrogen) atoms. The summed E-state index contributed by atoms with van der Waals surface area (Å²) in [5.41, 5.74) is 9.02. The number of benzene rings is 3. The number of nitrogens with two attached hydrogens (primary N) is 1. The zero-order valence-electron chi connectivity index (χ0n) is 15.7. The molecule has 3 aromatic rings. The number of nitrogens with zero attached hydrogens (tertiary/aromatic N) is 1. The Morgan fingerprint density at radius 3 is 2.32 bits per heavy atom. The molecule has 142 valence electrons. The first kappa shape index (κ1) is 19.2. The van der Waals surface area contributed by atoms with Crippen LogP contribution in [-0.2, 0) is 17.9 Å². The van der Waals surface area contributed by atoms with E-state index in [-0.39, 0.29) is 5.84 Å². The molecule has 0 spiro atoms. The SMILES string of the molecule is CCc1ccc(OCc2cccc(C(=O)O/N=C(\N)c3ccccc3)c2)cc1. The largest absolute Gasteiger partial charge is 0.489 e. The van der Waals surface area contributed by atoms with E-state index >= 15 is 0 Å². The van der Waals surface area contributed by atoms with Crippen LogP contribution in [0.2, 0.25) is 0 Å². The number of rotatable bonds is 7. The predicted molar refractivity (Wildman–Crippen MR) is 109 cm³/mol. The standard InChI is InChI=1S/C23H22N2O3/c1-2-17-11-13-21(14-12-17)27-16-18-7-6-10-20(15-18)23(26)28-25-22(24)19-8-4-3-5-9-19/h3-15H,2,16H2,1H3,(H2,24,25). The van der Waals surface area contributed by atoms with Crippen LogP contribution in [0, 0.1) is 0 Å². The number of carbonyl (C=O) groups is 1. The number of hydrogen-bond donors (Lipinski definition) is 1. The molecule has 0 radical (unpaired) electrons. The third-order valence-electron chi connectivity index (χ3n) is 4.20. The van der Waals surface area contributed by atoms with Gasteiger partial charge in [-0.3, -0.25) is 0 Å². The molecule has 3 aromatic carbocycles. The van der Waals surface area contributed by atoms with E-state index in [1.54, 1.807) is 30.3 Å². The van der Waals surface area contributed by atoms with Crippen LogP contribution in [0.1, 0.15) is 34.0 Å². The van der Waals surface area contributed by atoms with Gasteiger partial charge in [0.15, 0.2) is 5.84 Å². The van der Waals surface area contributed by atoms with Gasteiger partial charge < -0.3 is 15.3 Å². The van der Waals surface area contributed by atoms with Crippen molar-refractivity contribution in [1.29, 1.82) is 0 Å². The summed E-state index contributed by atoms with van der Waals surface area (Å²) in [6, 6.07) is 24.1. The smallest absolute Gasteiger partial charge is 0.365 e. The van der Waals surface area contributed by atoms with Crippen LogP contribution in [0.25, 0.3) is 0 Å². The van der Waals surface area contributed by atoms with Gasteiger partial charge in [0.2, 0.25) is 0 Å². The molecule has 0 aromatic heterocycles. The second kappa shape index (κ2) is 9.37. The summed E-state index contributed by atoms with van der Waals surface area (Å²) in [6.07, 6.45) is 0.988. The number of carbonyl (C=O) groups excluding carboxylic acids is 1. The van der Waals surface area contributed by atoms with Gasteiger partial charge in [0, 0.05) is 5.56 Å². The molecule has 0 fully saturated rings. The Morgan fingerprint density at radius 2 is 1.61 bits per heavy atom. The summed E-state index contributed by atoms with van der Waals surface area (Å²) in [6.45, 7) is 2.46. The van der Waals surface area contributed by atoms with Gasteiger partial charge in [0.1, 0.15) is 12.4 Å². The predicted octanol–water partition coefficient (Wildman–Crippen LogP) is 4.31. The van der Waals surface area contributed by atoms with Gasteiger partial charge in [-0.1, -0.05) is 66.7 Å². The summed E-state index contributed by atoms with van der Waals surface area (Å²) < 4.78 is 5.78. The fourth-order valence-corrected chi connectivity index (χ4v) is 2.58. The van der Waals surface area contributed by atoms with Gasteiger partial charge in [-0.15, -0.1) is 0 Å². The van der Waals surface area contributed by atoms with Crippen LogP contribution in [-0.4, -0.2) is 11.8 Å². The fourth-order valence-electron chi connectivity index (χ4n) is 2.58. The molecular formula is C23H22N2O3. The average Bonchev–Trinajstić information content (AvgIpc) is 2.77. The Labute approximate surface area is 164 Å². The molecule has 0 heterocycles. The molecule has 0 unspecified atom stereocenters. The summed E-state index contributed by atoms with van der Waals surface area (Å²) >= 11 is 0. The van der Waals surface area contributed by atoms with Crippen molar-refractivity contribution in [2.24, 2.45) is 10.9 Å². The Bertz CT molecular complexity index is 951. The van der Waals surface area contributed by atoms with E-state index in [1.807, 2.05) is 48.5 Å². The third-order valence-corrected chi connectivity index (χ3v) is 4.20. The molecule has 0 aliphatic carbocycles. The zero-order valence-corrected chi connectivity index (χ0v) is 15.7. The Hall–Kier alpha value is -3.60. The highest BCUT2D eigenvalue weighted by Gasteiger charge is 2.09. The number of hydrogen-bond acceptors (Lipinski definition) is 4. The molecule has 0 bridgehead atoms. The van der Waals surface area contributed by atoms with E-state index in [4.69, 9.17) is 15.3 Å². The van der Waals surface area contributed by atoms with Crippen molar-refractivity contribution >= 4 is 11.8 Å². The van der Waals surface area contributed by atoms with Gasteiger partial charge in [-0.2, -0.15) is 0 Å². The highest BCUT2D eigenvalue weighted by atomic mass is 16.7. The molecule has 0 saturated carbocycles. The van der Waals surface area contributed by atoms with Crippen LogP contribution >= 0.6 is 0 Å². The van der Waals surface area contributed by atoms with Crippen molar-refractivity contribution in [3.05, 3.63) is 101 Å². The number of amidine groups is 1. The molecule has 2 N–H and O–H groups in total. The van der Waals surface area contributed by atoms with Crippen LogP contribution in [0.4, 0.5) is 0 Å². The van der Waals surface area contributed by atoms with Gasteiger partial charge in [-0.05, 0) is 41.8 Å². The maximum atomic E-state index is 12.3. The van der Waals surface area contributed by atoms with Crippen LogP contribution in [0.3, 0.4) is 0 Å². The fraction of sp³-hybridized carbons (Fsp3) is 0.130. The number of aryl methyl sites for hydroxylation is 1. The third kappa shape index (κ3) is 5.20. The van der Waals surface area contributed by atoms with E-state index in [0.29, 0.717) is 17.7 Å². The zero-order chi connectivity index (χ0) is 19.8. The second-order valence-electron chi connectivity index (χ2n) is 6.21. The molecular weight excluding hydrogens is 352 g/mol. The minimum atomic E-state index is -0.576. The van der Waals surface area contributed by atoms with E-state index in [0.717, 1.165) is 17.7 Å². The number of ether oxygens (including phenoxy) is 1. The monoisotopic (exact) mass is 374 g/mol. The van der Waals surface area contributed by atoms with E-state index < -0.39 is 5.97 Å². The first-order valence-electron chi connectivity index (χ1n) is 9.06. The lowest BCUT2D eigenvalue weighted by Crippen LogP contribution is -2.15. The minimum Gasteiger partial charge on any atom is -0.489 e. The molecule has 0 amide bonds. The summed E-state index contributed by atoms with van der Waals surface area (Å²) in [5, 5.41) is 3.72. The van der Waals surface area contributed by atoms with Crippen molar-refractivity contribution in [2.45, 2.75) is 20.0 Å². The van der Waals surface area contributed by atoms with Crippen LogP contribution in [0.5, 0.6) is 5.75 Å². The molecule has 5 heteroatoms. The lowest BCUT2D eigenvalue weighted by Gasteiger charge is -2.08. The van der Waals surface area contributed by atoms with Crippen molar-refractivity contribution in [3.63, 3.8) is 0 Å². The Balaban J connectivity index is 1.61.